The average Bonchev–Trinajstić information content (AvgIpc) is 2.98. The van der Waals surface area contributed by atoms with Crippen LogP contribution in [0.3, 0.4) is 0 Å². The van der Waals surface area contributed by atoms with Crippen LogP contribution >= 0.6 is 0 Å². The summed E-state index contributed by atoms with van der Waals surface area (Å²) in [6, 6.07) is 7.01. The van der Waals surface area contributed by atoms with Gasteiger partial charge in [0.05, 0.1) is 7.11 Å². The van der Waals surface area contributed by atoms with Crippen LogP contribution in [0.4, 0.5) is 11.6 Å². The van der Waals surface area contributed by atoms with Crippen LogP contribution in [0.2, 0.25) is 0 Å². The smallest absolute Gasteiger partial charge is 0.356 e. The summed E-state index contributed by atoms with van der Waals surface area (Å²) in [5, 5.41) is 10.1. The second-order valence-electron chi connectivity index (χ2n) is 5.20. The van der Waals surface area contributed by atoms with E-state index >= 15 is 0 Å². The van der Waals surface area contributed by atoms with E-state index in [1.165, 1.54) is 7.11 Å². The predicted octanol–water partition coefficient (Wildman–Crippen LogP) is 2.41. The Morgan fingerprint density at radius 2 is 2.00 bits per heavy atom. The monoisotopic (exact) mass is 324 g/mol. The Morgan fingerprint density at radius 3 is 2.62 bits per heavy atom. The van der Waals surface area contributed by atoms with Crippen molar-refractivity contribution in [3.8, 4) is 11.4 Å². The third-order valence-corrected chi connectivity index (χ3v) is 3.23. The molecule has 0 radical (unpaired) electrons. The van der Waals surface area contributed by atoms with Gasteiger partial charge < -0.3 is 10.1 Å². The van der Waals surface area contributed by atoms with Crippen LogP contribution in [0.15, 0.2) is 30.5 Å². The number of aromatic amines is 1. The number of carbonyl (C=O) groups excluding carboxylic acids is 1. The van der Waals surface area contributed by atoms with Gasteiger partial charge in [-0.15, -0.1) is 0 Å². The first-order valence-corrected chi connectivity index (χ1v) is 7.24. The van der Waals surface area contributed by atoms with Gasteiger partial charge in [0.25, 0.3) is 0 Å². The number of rotatable bonds is 4. The van der Waals surface area contributed by atoms with Gasteiger partial charge in [0, 0.05) is 35.3 Å². The highest BCUT2D eigenvalue weighted by molar-refractivity contribution is 5.87. The Bertz CT molecular complexity index is 873. The number of aromatic nitrogens is 5. The quantitative estimate of drug-likeness (QED) is 0.710. The number of nitrogens with zero attached hydrogens (tertiary/aromatic N) is 4. The maximum atomic E-state index is 11.4. The summed E-state index contributed by atoms with van der Waals surface area (Å²) < 4.78 is 4.64. The van der Waals surface area contributed by atoms with Gasteiger partial charge in [-0.2, -0.15) is 5.10 Å². The van der Waals surface area contributed by atoms with Crippen molar-refractivity contribution >= 4 is 17.6 Å². The standard InChI is InChI=1S/C16H16N6O2/c1-9-6-13(19-14-7-10(2)21-22-14)20-15(18-9)11-4-5-12(17-8-11)16(23)24-3/h4-8H,1-3H3,(H2,18,19,20,21,22). The molecule has 0 aliphatic rings. The fourth-order valence-corrected chi connectivity index (χ4v) is 2.13. The zero-order chi connectivity index (χ0) is 17.1. The minimum absolute atomic E-state index is 0.235. The lowest BCUT2D eigenvalue weighted by molar-refractivity contribution is 0.0594. The Balaban J connectivity index is 1.89. The Kier molecular flexibility index (Phi) is 4.19. The number of nitrogens with one attached hydrogen (secondary N) is 2. The van der Waals surface area contributed by atoms with Crippen molar-refractivity contribution in [2.45, 2.75) is 13.8 Å². The van der Waals surface area contributed by atoms with Crippen molar-refractivity contribution in [3.05, 3.63) is 47.5 Å². The summed E-state index contributed by atoms with van der Waals surface area (Å²) in [5.41, 5.74) is 2.68. The molecule has 0 fully saturated rings. The van der Waals surface area contributed by atoms with Crippen molar-refractivity contribution in [2.24, 2.45) is 0 Å². The number of methoxy groups -OCH3 is 1. The minimum Gasteiger partial charge on any atom is -0.464 e. The van der Waals surface area contributed by atoms with E-state index < -0.39 is 5.97 Å². The van der Waals surface area contributed by atoms with Gasteiger partial charge in [0.2, 0.25) is 0 Å². The lowest BCUT2D eigenvalue weighted by atomic mass is 10.2. The number of hydrogen-bond donors (Lipinski definition) is 2. The summed E-state index contributed by atoms with van der Waals surface area (Å²) in [5.74, 6) is 1.33. The molecule has 0 aliphatic carbocycles. The summed E-state index contributed by atoms with van der Waals surface area (Å²) in [6.45, 7) is 3.80. The number of carbonyl (C=O) groups is 1. The second kappa shape index (κ2) is 6.45. The molecular weight excluding hydrogens is 308 g/mol. The Hall–Kier alpha value is -3.29. The van der Waals surface area contributed by atoms with E-state index in [-0.39, 0.29) is 5.69 Å². The predicted molar refractivity (Wildman–Crippen MR) is 87.9 cm³/mol. The molecule has 8 heteroatoms. The summed E-state index contributed by atoms with van der Waals surface area (Å²) in [4.78, 5) is 24.4. The number of anilines is 2. The summed E-state index contributed by atoms with van der Waals surface area (Å²) in [7, 11) is 1.32. The van der Waals surface area contributed by atoms with Gasteiger partial charge in [-0.25, -0.2) is 19.7 Å². The molecule has 122 valence electrons. The molecule has 3 aromatic heterocycles. The summed E-state index contributed by atoms with van der Waals surface area (Å²) >= 11 is 0. The molecule has 3 aromatic rings. The number of pyridine rings is 1. The highest BCUT2D eigenvalue weighted by Gasteiger charge is 2.10. The van der Waals surface area contributed by atoms with Crippen molar-refractivity contribution in [1.29, 1.82) is 0 Å². The van der Waals surface area contributed by atoms with E-state index in [4.69, 9.17) is 0 Å². The van der Waals surface area contributed by atoms with Gasteiger partial charge in [0.1, 0.15) is 11.5 Å². The van der Waals surface area contributed by atoms with Crippen LogP contribution in [0, 0.1) is 13.8 Å². The molecule has 8 nitrogen and oxygen atoms in total. The Labute approximate surface area is 138 Å². The third-order valence-electron chi connectivity index (χ3n) is 3.23. The van der Waals surface area contributed by atoms with Crippen LogP contribution in [-0.2, 0) is 4.74 Å². The number of aryl methyl sites for hydroxylation is 2. The molecule has 0 atom stereocenters. The molecule has 3 rings (SSSR count). The molecule has 24 heavy (non-hydrogen) atoms. The van der Waals surface area contributed by atoms with E-state index in [9.17, 15) is 4.79 Å². The molecule has 0 bridgehead atoms. The zero-order valence-electron chi connectivity index (χ0n) is 13.5. The molecule has 0 unspecified atom stereocenters. The molecule has 0 saturated heterocycles. The van der Waals surface area contributed by atoms with Crippen LogP contribution in [0.25, 0.3) is 11.4 Å². The molecular formula is C16H16N6O2. The van der Waals surface area contributed by atoms with Gasteiger partial charge in [-0.1, -0.05) is 0 Å². The fraction of sp³-hybridized carbons (Fsp3) is 0.188. The molecule has 0 saturated carbocycles. The minimum atomic E-state index is -0.483. The third kappa shape index (κ3) is 3.37. The van der Waals surface area contributed by atoms with Crippen molar-refractivity contribution < 1.29 is 9.53 Å². The van der Waals surface area contributed by atoms with E-state index in [0.29, 0.717) is 23.0 Å². The highest BCUT2D eigenvalue weighted by atomic mass is 16.5. The highest BCUT2D eigenvalue weighted by Crippen LogP contribution is 2.20. The fourth-order valence-electron chi connectivity index (χ4n) is 2.13. The average molecular weight is 324 g/mol. The molecule has 0 aromatic carbocycles. The van der Waals surface area contributed by atoms with Gasteiger partial charge >= 0.3 is 5.97 Å². The number of hydrogen-bond acceptors (Lipinski definition) is 7. The molecule has 0 aliphatic heterocycles. The van der Waals surface area contributed by atoms with Crippen LogP contribution < -0.4 is 5.32 Å². The number of H-pyrrole nitrogens is 1. The van der Waals surface area contributed by atoms with Crippen LogP contribution in [0.5, 0.6) is 0 Å². The number of ether oxygens (including phenoxy) is 1. The first kappa shape index (κ1) is 15.6. The van der Waals surface area contributed by atoms with Gasteiger partial charge in [0.15, 0.2) is 11.6 Å². The normalized spacial score (nSPS) is 10.5. The SMILES string of the molecule is COC(=O)c1ccc(-c2nc(C)cc(Nc3cc(C)[nH]n3)n2)cn1. The van der Waals surface area contributed by atoms with Gasteiger partial charge in [-0.3, -0.25) is 5.10 Å². The lowest BCUT2D eigenvalue weighted by Gasteiger charge is -2.07. The Morgan fingerprint density at radius 1 is 1.17 bits per heavy atom. The molecule has 3 heterocycles. The summed E-state index contributed by atoms with van der Waals surface area (Å²) in [6.07, 6.45) is 1.55. The second-order valence-corrected chi connectivity index (χ2v) is 5.20. The van der Waals surface area contributed by atoms with Gasteiger partial charge in [-0.05, 0) is 26.0 Å². The van der Waals surface area contributed by atoms with Crippen molar-refractivity contribution in [2.75, 3.05) is 12.4 Å². The van der Waals surface area contributed by atoms with E-state index in [1.807, 2.05) is 26.0 Å². The molecule has 0 spiro atoms. The number of esters is 1. The molecule has 2 N–H and O–H groups in total. The first-order chi connectivity index (χ1) is 11.5. The van der Waals surface area contributed by atoms with E-state index in [0.717, 1.165) is 11.4 Å². The van der Waals surface area contributed by atoms with Crippen molar-refractivity contribution in [3.63, 3.8) is 0 Å². The van der Waals surface area contributed by atoms with E-state index in [2.05, 4.69) is 35.2 Å². The zero-order valence-corrected chi connectivity index (χ0v) is 13.5. The topological polar surface area (TPSA) is 106 Å². The van der Waals surface area contributed by atoms with E-state index in [1.54, 1.807) is 18.3 Å². The maximum absolute atomic E-state index is 11.4. The largest absolute Gasteiger partial charge is 0.464 e. The van der Waals surface area contributed by atoms with Crippen LogP contribution in [-0.4, -0.2) is 38.2 Å². The van der Waals surface area contributed by atoms with Crippen LogP contribution in [0.1, 0.15) is 21.9 Å². The first-order valence-electron chi connectivity index (χ1n) is 7.24. The van der Waals surface area contributed by atoms with Crippen molar-refractivity contribution in [1.82, 2.24) is 25.1 Å². The lowest BCUT2D eigenvalue weighted by Crippen LogP contribution is -2.04. The molecule has 0 amide bonds. The maximum Gasteiger partial charge on any atom is 0.356 e.